The van der Waals surface area contributed by atoms with Crippen molar-refractivity contribution >= 4 is 23.7 Å². The van der Waals surface area contributed by atoms with Gasteiger partial charge in [0.25, 0.3) is 0 Å². The first kappa shape index (κ1) is 28.4. The number of rotatable bonds is 9. The Balaban J connectivity index is 1.53. The highest BCUT2D eigenvalue weighted by Gasteiger charge is 2.54. The number of nitrogens with one attached hydrogen (secondary N) is 1. The molecule has 4 rings (SSSR count). The third kappa shape index (κ3) is 7.30. The van der Waals surface area contributed by atoms with Crippen molar-refractivity contribution in [3.8, 4) is 5.75 Å². The van der Waals surface area contributed by atoms with Gasteiger partial charge in [-0.1, -0.05) is 48.5 Å². The van der Waals surface area contributed by atoms with Crippen LogP contribution in [0.5, 0.6) is 5.75 Å². The summed E-state index contributed by atoms with van der Waals surface area (Å²) < 4.78 is 30.0. The van der Waals surface area contributed by atoms with Crippen LogP contribution in [-0.2, 0) is 28.5 Å². The molecule has 2 heterocycles. The Labute approximate surface area is 226 Å². The number of carboxylic acids is 1. The van der Waals surface area contributed by atoms with Crippen LogP contribution in [0.15, 0.2) is 60.7 Å². The number of ether oxygens (including phenoxy) is 5. The lowest BCUT2D eigenvalue weighted by molar-refractivity contribution is -0.366. The summed E-state index contributed by atoms with van der Waals surface area (Å²) in [4.78, 5) is 36.1. The maximum Gasteiger partial charge on any atom is 0.332 e. The predicted octanol–water partition coefficient (Wildman–Crippen LogP) is 3.20. The maximum atomic E-state index is 12.3. The zero-order chi connectivity index (χ0) is 28.2. The van der Waals surface area contributed by atoms with Crippen LogP contribution in [0.2, 0.25) is 0 Å². The smallest absolute Gasteiger partial charge is 0.332 e. The van der Waals surface area contributed by atoms with Gasteiger partial charge in [0.15, 0.2) is 17.7 Å². The molecule has 10 nitrogen and oxygen atoms in total. The highest BCUT2D eigenvalue weighted by atomic mass is 16.8. The van der Waals surface area contributed by atoms with Gasteiger partial charge in [0, 0.05) is 12.5 Å². The summed E-state index contributed by atoms with van der Waals surface area (Å²) in [5.74, 6) is -2.16. The van der Waals surface area contributed by atoms with Crippen molar-refractivity contribution < 1.29 is 43.2 Å². The van der Waals surface area contributed by atoms with E-state index in [1.54, 1.807) is 68.5 Å². The highest BCUT2D eigenvalue weighted by Crippen LogP contribution is 2.35. The van der Waals surface area contributed by atoms with E-state index < -0.39 is 48.5 Å². The molecule has 2 aromatic rings. The van der Waals surface area contributed by atoms with Crippen molar-refractivity contribution in [2.24, 2.45) is 0 Å². The number of benzene rings is 2. The Morgan fingerprint density at radius 3 is 2.44 bits per heavy atom. The predicted molar refractivity (Wildman–Crippen MR) is 140 cm³/mol. The van der Waals surface area contributed by atoms with Crippen LogP contribution >= 0.6 is 0 Å². The number of carbonyl (C=O) groups excluding carboxylic acids is 2. The van der Waals surface area contributed by atoms with Crippen LogP contribution in [0.1, 0.15) is 43.6 Å². The molecule has 2 aromatic carbocycles. The van der Waals surface area contributed by atoms with Crippen LogP contribution in [0.25, 0.3) is 6.08 Å². The molecular formula is C29H33NO9. The molecule has 2 fully saturated rings. The topological polar surface area (TPSA) is 130 Å². The number of fused-ring (bicyclic) bond motifs is 1. The standard InChI is InChI=1S/C29H33NO9/c1-17(27(33)34)36-26-24(30-18(2)31)28(38-23-16-35-29(3,4)39-25(23)26)37-21-13-10-19(11-14-21)12-15-22(32)20-8-6-5-7-9-20/h5-15,17,23-26,28H,16H2,1-4H3,(H,30,31)(H,33,34)/b15-12+. The lowest BCUT2D eigenvalue weighted by Gasteiger charge is -2.51. The van der Waals surface area contributed by atoms with E-state index in [0.29, 0.717) is 11.3 Å². The van der Waals surface area contributed by atoms with E-state index in [1.807, 2.05) is 6.07 Å². The van der Waals surface area contributed by atoms with Gasteiger partial charge in [-0.05, 0) is 44.5 Å². The fraction of sp³-hybridized carbons (Fsp3) is 0.414. The van der Waals surface area contributed by atoms with Crippen LogP contribution in [0.4, 0.5) is 0 Å². The first-order valence-corrected chi connectivity index (χ1v) is 12.7. The van der Waals surface area contributed by atoms with Gasteiger partial charge in [-0.25, -0.2) is 4.79 Å². The SMILES string of the molecule is CC(=O)NC1C(Oc2ccc(/C=C/C(=O)c3ccccc3)cc2)OC2COC(C)(C)OC2C1OC(C)C(=O)O. The van der Waals surface area contributed by atoms with E-state index in [1.165, 1.54) is 19.9 Å². The Morgan fingerprint density at radius 1 is 1.10 bits per heavy atom. The lowest BCUT2D eigenvalue weighted by atomic mass is 9.94. The molecule has 0 saturated carbocycles. The van der Waals surface area contributed by atoms with E-state index >= 15 is 0 Å². The Kier molecular flexibility index (Phi) is 8.81. The molecule has 0 radical (unpaired) electrons. The van der Waals surface area contributed by atoms with Crippen molar-refractivity contribution in [3.63, 3.8) is 0 Å². The summed E-state index contributed by atoms with van der Waals surface area (Å²) in [6.07, 6.45) is -1.26. The molecule has 6 atom stereocenters. The number of ketones is 1. The molecule has 6 unspecified atom stereocenters. The summed E-state index contributed by atoms with van der Waals surface area (Å²) in [5, 5.41) is 12.3. The highest BCUT2D eigenvalue weighted by molar-refractivity contribution is 6.06. The van der Waals surface area contributed by atoms with Crippen molar-refractivity contribution in [2.45, 2.75) is 70.2 Å². The summed E-state index contributed by atoms with van der Waals surface area (Å²) in [5.41, 5.74) is 1.38. The summed E-state index contributed by atoms with van der Waals surface area (Å²) in [7, 11) is 0. The average molecular weight is 540 g/mol. The van der Waals surface area contributed by atoms with E-state index in [-0.39, 0.29) is 18.3 Å². The third-order valence-corrected chi connectivity index (χ3v) is 6.36. The van der Waals surface area contributed by atoms with Crippen LogP contribution in [-0.4, -0.2) is 71.9 Å². The molecule has 0 aliphatic carbocycles. The quantitative estimate of drug-likeness (QED) is 0.364. The average Bonchev–Trinajstić information content (AvgIpc) is 2.90. The van der Waals surface area contributed by atoms with Crippen LogP contribution in [0.3, 0.4) is 0 Å². The second-order valence-corrected chi connectivity index (χ2v) is 9.89. The second-order valence-electron chi connectivity index (χ2n) is 9.89. The van der Waals surface area contributed by atoms with Crippen LogP contribution in [0, 0.1) is 0 Å². The molecule has 0 bridgehead atoms. The normalized spacial score (nSPS) is 26.8. The molecule has 2 aliphatic rings. The number of hydrogen-bond acceptors (Lipinski definition) is 8. The number of aliphatic carboxylic acids is 1. The molecule has 1 amide bonds. The first-order valence-electron chi connectivity index (χ1n) is 12.7. The minimum absolute atomic E-state index is 0.110. The van der Waals surface area contributed by atoms with E-state index in [0.717, 1.165) is 5.56 Å². The van der Waals surface area contributed by atoms with Crippen molar-refractivity contribution in [1.82, 2.24) is 5.32 Å². The molecule has 0 aromatic heterocycles. The largest absolute Gasteiger partial charge is 0.479 e. The number of allylic oxidation sites excluding steroid dienone is 1. The third-order valence-electron chi connectivity index (χ3n) is 6.36. The minimum atomic E-state index is -1.18. The first-order chi connectivity index (χ1) is 18.5. The van der Waals surface area contributed by atoms with E-state index in [2.05, 4.69) is 5.32 Å². The Bertz CT molecular complexity index is 1190. The van der Waals surface area contributed by atoms with Crippen molar-refractivity contribution in [3.05, 3.63) is 71.8 Å². The molecule has 10 heteroatoms. The number of amides is 1. The second kappa shape index (κ2) is 12.1. The van der Waals surface area contributed by atoms with Gasteiger partial charge >= 0.3 is 5.97 Å². The zero-order valence-electron chi connectivity index (χ0n) is 22.2. The Hall–Kier alpha value is -3.57. The van der Waals surface area contributed by atoms with Gasteiger partial charge < -0.3 is 34.1 Å². The summed E-state index contributed by atoms with van der Waals surface area (Å²) >= 11 is 0. The molecule has 2 aliphatic heterocycles. The monoisotopic (exact) mass is 539 g/mol. The van der Waals surface area contributed by atoms with Gasteiger partial charge in [-0.3, -0.25) is 9.59 Å². The maximum absolute atomic E-state index is 12.3. The fourth-order valence-corrected chi connectivity index (χ4v) is 4.43. The zero-order valence-corrected chi connectivity index (χ0v) is 22.2. The molecule has 2 N–H and O–H groups in total. The van der Waals surface area contributed by atoms with Crippen LogP contribution < -0.4 is 10.1 Å². The van der Waals surface area contributed by atoms with Gasteiger partial charge in [-0.15, -0.1) is 0 Å². The molecule has 208 valence electrons. The molecule has 39 heavy (non-hydrogen) atoms. The van der Waals surface area contributed by atoms with E-state index in [4.69, 9.17) is 23.7 Å². The Morgan fingerprint density at radius 2 is 1.79 bits per heavy atom. The molecule has 2 saturated heterocycles. The minimum Gasteiger partial charge on any atom is -0.479 e. The van der Waals surface area contributed by atoms with Gasteiger partial charge in [0.1, 0.15) is 30.1 Å². The van der Waals surface area contributed by atoms with E-state index in [9.17, 15) is 19.5 Å². The number of carboxylic acid groups (broad SMARTS) is 1. The number of hydrogen-bond donors (Lipinski definition) is 2. The molecule has 0 spiro atoms. The van der Waals surface area contributed by atoms with Crippen molar-refractivity contribution in [2.75, 3.05) is 6.61 Å². The summed E-state index contributed by atoms with van der Waals surface area (Å²) in [6.45, 7) is 6.38. The lowest BCUT2D eigenvalue weighted by Crippen LogP contribution is -2.70. The van der Waals surface area contributed by atoms with Gasteiger partial charge in [0.2, 0.25) is 12.2 Å². The summed E-state index contributed by atoms with van der Waals surface area (Å²) in [6, 6.07) is 15.0. The van der Waals surface area contributed by atoms with Gasteiger partial charge in [0.05, 0.1) is 6.61 Å². The van der Waals surface area contributed by atoms with Crippen molar-refractivity contribution in [1.29, 1.82) is 0 Å². The fourth-order valence-electron chi connectivity index (χ4n) is 4.43. The van der Waals surface area contributed by atoms with Gasteiger partial charge in [-0.2, -0.15) is 0 Å². The molecular weight excluding hydrogens is 506 g/mol. The number of carbonyl (C=O) groups is 3.